The van der Waals surface area contributed by atoms with Gasteiger partial charge in [0.1, 0.15) is 5.75 Å². The Morgan fingerprint density at radius 3 is 2.82 bits per heavy atom. The van der Waals surface area contributed by atoms with Gasteiger partial charge in [-0.15, -0.1) is 0 Å². The number of esters is 1. The molecule has 0 heterocycles. The summed E-state index contributed by atoms with van der Waals surface area (Å²) in [4.78, 5) is 11.7. The Morgan fingerprint density at radius 2 is 2.24 bits per heavy atom. The third kappa shape index (κ3) is 3.64. The lowest BCUT2D eigenvalue weighted by molar-refractivity contribution is 0.0406. The number of benzene rings is 1. The number of aliphatic hydroxyl groups is 1. The maximum atomic E-state index is 11.7. The van der Waals surface area contributed by atoms with Crippen LogP contribution in [0, 0.1) is 5.92 Å². The Labute approximate surface area is 100 Å². The summed E-state index contributed by atoms with van der Waals surface area (Å²) < 4.78 is 10.0. The van der Waals surface area contributed by atoms with Crippen LogP contribution in [0.1, 0.15) is 17.3 Å². The zero-order valence-corrected chi connectivity index (χ0v) is 9.97. The molecule has 1 aromatic rings. The summed E-state index contributed by atoms with van der Waals surface area (Å²) in [5.41, 5.74) is 6.29. The van der Waals surface area contributed by atoms with Crippen LogP contribution >= 0.6 is 0 Å². The van der Waals surface area contributed by atoms with E-state index in [9.17, 15) is 4.79 Å². The van der Waals surface area contributed by atoms with Crippen molar-refractivity contribution in [2.75, 3.05) is 26.1 Å². The summed E-state index contributed by atoms with van der Waals surface area (Å²) >= 11 is 0. The molecule has 0 aliphatic carbocycles. The monoisotopic (exact) mass is 239 g/mol. The largest absolute Gasteiger partial charge is 0.497 e. The second-order valence-corrected chi connectivity index (χ2v) is 3.84. The fraction of sp³-hybridized carbons (Fsp3) is 0.417. The van der Waals surface area contributed by atoms with E-state index in [-0.39, 0.29) is 24.7 Å². The molecule has 0 aliphatic heterocycles. The average molecular weight is 239 g/mol. The van der Waals surface area contributed by atoms with Crippen LogP contribution in [-0.4, -0.2) is 31.4 Å². The minimum atomic E-state index is -0.512. The highest BCUT2D eigenvalue weighted by Gasteiger charge is 2.13. The van der Waals surface area contributed by atoms with Crippen LogP contribution in [-0.2, 0) is 4.74 Å². The molecule has 0 spiro atoms. The lowest BCUT2D eigenvalue weighted by Gasteiger charge is -2.11. The molecule has 0 aliphatic rings. The van der Waals surface area contributed by atoms with Crippen molar-refractivity contribution in [2.45, 2.75) is 6.92 Å². The SMILES string of the molecule is COc1ccc(N)c(C(=O)OCC(C)CO)c1. The third-order valence-electron chi connectivity index (χ3n) is 2.29. The van der Waals surface area contributed by atoms with E-state index in [1.165, 1.54) is 13.2 Å². The summed E-state index contributed by atoms with van der Waals surface area (Å²) in [6.45, 7) is 1.91. The highest BCUT2D eigenvalue weighted by Crippen LogP contribution is 2.20. The van der Waals surface area contributed by atoms with Crippen LogP contribution < -0.4 is 10.5 Å². The maximum absolute atomic E-state index is 11.7. The molecular weight excluding hydrogens is 222 g/mol. The molecule has 1 aromatic carbocycles. The second-order valence-electron chi connectivity index (χ2n) is 3.84. The fourth-order valence-corrected chi connectivity index (χ4v) is 1.19. The lowest BCUT2D eigenvalue weighted by Crippen LogP contribution is -2.15. The molecule has 3 N–H and O–H groups in total. The van der Waals surface area contributed by atoms with Gasteiger partial charge in [0, 0.05) is 18.2 Å². The lowest BCUT2D eigenvalue weighted by atomic mass is 10.1. The minimum absolute atomic E-state index is 0.0269. The Bertz CT molecular complexity index is 392. The van der Waals surface area contributed by atoms with Gasteiger partial charge >= 0.3 is 5.97 Å². The first kappa shape index (κ1) is 13.3. The molecule has 1 unspecified atom stereocenters. The summed E-state index contributed by atoms with van der Waals surface area (Å²) in [5.74, 6) is -0.0613. The summed E-state index contributed by atoms with van der Waals surface area (Å²) in [7, 11) is 1.51. The molecule has 5 nitrogen and oxygen atoms in total. The predicted octanol–water partition coefficient (Wildman–Crippen LogP) is 1.06. The van der Waals surface area contributed by atoms with Crippen molar-refractivity contribution in [3.05, 3.63) is 23.8 Å². The van der Waals surface area contributed by atoms with E-state index in [1.54, 1.807) is 19.1 Å². The summed E-state index contributed by atoms with van der Waals surface area (Å²) in [5, 5.41) is 8.82. The van der Waals surface area contributed by atoms with Crippen LogP contribution in [0.4, 0.5) is 5.69 Å². The van der Waals surface area contributed by atoms with Crippen LogP contribution in [0.3, 0.4) is 0 Å². The van der Waals surface area contributed by atoms with Gasteiger partial charge in [-0.3, -0.25) is 0 Å². The van der Waals surface area contributed by atoms with Gasteiger partial charge in [-0.1, -0.05) is 6.92 Å². The molecule has 0 saturated carbocycles. The fourth-order valence-electron chi connectivity index (χ4n) is 1.19. The Hall–Kier alpha value is -1.75. The Kier molecular flexibility index (Phi) is 4.78. The predicted molar refractivity (Wildman–Crippen MR) is 63.9 cm³/mol. The number of anilines is 1. The van der Waals surface area contributed by atoms with Crippen molar-refractivity contribution >= 4 is 11.7 Å². The Morgan fingerprint density at radius 1 is 1.53 bits per heavy atom. The summed E-state index contributed by atoms with van der Waals surface area (Å²) in [6, 6.07) is 4.79. The number of hydrogen-bond acceptors (Lipinski definition) is 5. The summed E-state index contributed by atoms with van der Waals surface area (Å²) in [6.07, 6.45) is 0. The molecule has 5 heteroatoms. The van der Waals surface area contributed by atoms with Crippen molar-refractivity contribution in [2.24, 2.45) is 5.92 Å². The maximum Gasteiger partial charge on any atom is 0.340 e. The molecule has 0 saturated heterocycles. The van der Waals surface area contributed by atoms with Gasteiger partial charge in [-0.2, -0.15) is 0 Å². The zero-order valence-electron chi connectivity index (χ0n) is 9.97. The average Bonchev–Trinajstić information content (AvgIpc) is 2.36. The van der Waals surface area contributed by atoms with Crippen LogP contribution in [0.2, 0.25) is 0 Å². The number of aliphatic hydroxyl groups excluding tert-OH is 1. The van der Waals surface area contributed by atoms with Crippen LogP contribution in [0.5, 0.6) is 5.75 Å². The molecule has 1 rings (SSSR count). The third-order valence-corrected chi connectivity index (χ3v) is 2.29. The van der Waals surface area contributed by atoms with Crippen LogP contribution in [0.15, 0.2) is 18.2 Å². The quantitative estimate of drug-likeness (QED) is 0.593. The molecular formula is C12H17NO4. The number of ether oxygens (including phenoxy) is 2. The van der Waals surface area contributed by atoms with Crippen molar-refractivity contribution in [1.29, 1.82) is 0 Å². The van der Waals surface area contributed by atoms with E-state index in [1.807, 2.05) is 0 Å². The number of methoxy groups -OCH3 is 1. The molecule has 0 aromatic heterocycles. The standard InChI is InChI=1S/C12H17NO4/c1-8(6-14)7-17-12(15)10-5-9(16-2)3-4-11(10)13/h3-5,8,14H,6-7,13H2,1-2H3. The highest BCUT2D eigenvalue weighted by molar-refractivity contribution is 5.95. The number of nitrogens with two attached hydrogens (primary N) is 1. The Balaban J connectivity index is 2.74. The topological polar surface area (TPSA) is 81.8 Å². The molecule has 1 atom stereocenters. The van der Waals surface area contributed by atoms with Gasteiger partial charge in [0.05, 0.1) is 19.3 Å². The van der Waals surface area contributed by atoms with E-state index in [0.717, 1.165) is 0 Å². The molecule has 17 heavy (non-hydrogen) atoms. The van der Waals surface area contributed by atoms with Crippen molar-refractivity contribution < 1.29 is 19.4 Å². The molecule has 0 radical (unpaired) electrons. The number of hydrogen-bond donors (Lipinski definition) is 2. The van der Waals surface area contributed by atoms with Crippen molar-refractivity contribution in [3.63, 3.8) is 0 Å². The number of carbonyl (C=O) groups is 1. The second kappa shape index (κ2) is 6.10. The van der Waals surface area contributed by atoms with Crippen molar-refractivity contribution in [1.82, 2.24) is 0 Å². The van der Waals surface area contributed by atoms with Gasteiger partial charge in [0.15, 0.2) is 0 Å². The number of nitrogen functional groups attached to an aromatic ring is 1. The van der Waals surface area contributed by atoms with Crippen molar-refractivity contribution in [3.8, 4) is 5.75 Å². The van der Waals surface area contributed by atoms with E-state index in [4.69, 9.17) is 20.3 Å². The van der Waals surface area contributed by atoms with E-state index in [0.29, 0.717) is 11.4 Å². The smallest absolute Gasteiger partial charge is 0.340 e. The van der Waals surface area contributed by atoms with Gasteiger partial charge in [-0.05, 0) is 18.2 Å². The van der Waals surface area contributed by atoms with Crippen LogP contribution in [0.25, 0.3) is 0 Å². The van der Waals surface area contributed by atoms with Gasteiger partial charge in [0.25, 0.3) is 0 Å². The van der Waals surface area contributed by atoms with Gasteiger partial charge < -0.3 is 20.3 Å². The zero-order chi connectivity index (χ0) is 12.8. The first-order chi connectivity index (χ1) is 8.08. The first-order valence-electron chi connectivity index (χ1n) is 5.30. The number of carbonyl (C=O) groups excluding carboxylic acids is 1. The van der Waals surface area contributed by atoms with Gasteiger partial charge in [-0.25, -0.2) is 4.79 Å². The molecule has 0 fully saturated rings. The first-order valence-corrected chi connectivity index (χ1v) is 5.30. The van der Waals surface area contributed by atoms with E-state index < -0.39 is 5.97 Å². The molecule has 0 bridgehead atoms. The van der Waals surface area contributed by atoms with Gasteiger partial charge in [0.2, 0.25) is 0 Å². The molecule has 94 valence electrons. The van der Waals surface area contributed by atoms with E-state index >= 15 is 0 Å². The normalized spacial score (nSPS) is 11.9. The minimum Gasteiger partial charge on any atom is -0.497 e. The molecule has 0 amide bonds. The van der Waals surface area contributed by atoms with E-state index in [2.05, 4.69) is 0 Å². The highest BCUT2D eigenvalue weighted by atomic mass is 16.5. The number of rotatable bonds is 5.